The number of nitrogens with one attached hydrogen (secondary N) is 2. The number of carbonyl (C=O) groups is 3. The lowest BCUT2D eigenvalue weighted by Gasteiger charge is -2.23. The van der Waals surface area contributed by atoms with Crippen molar-refractivity contribution >= 4 is 17.6 Å². The van der Waals surface area contributed by atoms with Gasteiger partial charge in [0.05, 0.1) is 11.3 Å². The lowest BCUT2D eigenvalue weighted by atomic mass is 9.91. The van der Waals surface area contributed by atoms with Gasteiger partial charge in [-0.05, 0) is 30.7 Å². The SMILES string of the molecule is CCCC(=O)C(Cc1ccccc1)NC(=O)C(CC(=O)NN=O)CC(C)C. The fourth-order valence-electron chi connectivity index (χ4n) is 2.98. The Morgan fingerprint density at radius 3 is 2.33 bits per heavy atom. The maximum Gasteiger partial charge on any atom is 0.243 e. The number of amides is 2. The first kappa shape index (κ1) is 22.5. The fourth-order valence-corrected chi connectivity index (χ4v) is 2.98. The molecule has 2 N–H and O–H groups in total. The van der Waals surface area contributed by atoms with Crippen LogP contribution in [0.1, 0.15) is 52.0 Å². The molecule has 0 saturated carbocycles. The highest BCUT2D eigenvalue weighted by Crippen LogP contribution is 2.17. The molecule has 7 heteroatoms. The van der Waals surface area contributed by atoms with E-state index in [0.717, 1.165) is 5.56 Å². The highest BCUT2D eigenvalue weighted by atomic mass is 16.3. The molecule has 2 amide bonds. The molecule has 2 atom stereocenters. The van der Waals surface area contributed by atoms with Crippen molar-refractivity contribution in [3.63, 3.8) is 0 Å². The first-order chi connectivity index (χ1) is 12.9. The normalized spacial score (nSPS) is 12.9. The van der Waals surface area contributed by atoms with Gasteiger partial charge in [-0.3, -0.25) is 14.4 Å². The number of Topliss-reactive ketones (excluding diaryl/α,β-unsaturated/α-hetero) is 1. The molecule has 0 aliphatic carbocycles. The molecule has 2 unspecified atom stereocenters. The molecular weight excluding hydrogens is 346 g/mol. The fraction of sp³-hybridized carbons (Fsp3) is 0.550. The lowest BCUT2D eigenvalue weighted by Crippen LogP contribution is -2.46. The van der Waals surface area contributed by atoms with Crippen LogP contribution < -0.4 is 10.7 Å². The van der Waals surface area contributed by atoms with Crippen LogP contribution in [0, 0.1) is 16.7 Å². The molecule has 0 spiro atoms. The van der Waals surface area contributed by atoms with Gasteiger partial charge in [0.15, 0.2) is 5.78 Å². The monoisotopic (exact) mass is 375 g/mol. The Morgan fingerprint density at radius 2 is 1.78 bits per heavy atom. The van der Waals surface area contributed by atoms with E-state index in [-0.39, 0.29) is 24.0 Å². The van der Waals surface area contributed by atoms with E-state index in [4.69, 9.17) is 0 Å². The van der Waals surface area contributed by atoms with Crippen LogP contribution in [-0.4, -0.2) is 23.6 Å². The van der Waals surface area contributed by atoms with Gasteiger partial charge >= 0.3 is 0 Å². The third-order valence-corrected chi connectivity index (χ3v) is 4.21. The van der Waals surface area contributed by atoms with E-state index in [9.17, 15) is 19.3 Å². The van der Waals surface area contributed by atoms with Crippen LogP contribution in [0.3, 0.4) is 0 Å². The van der Waals surface area contributed by atoms with Crippen molar-refractivity contribution in [2.45, 2.75) is 58.9 Å². The third kappa shape index (κ3) is 8.57. The predicted molar refractivity (Wildman–Crippen MR) is 103 cm³/mol. The number of ketones is 1. The minimum Gasteiger partial charge on any atom is -0.346 e. The van der Waals surface area contributed by atoms with Gasteiger partial charge in [-0.2, -0.15) is 0 Å². The number of rotatable bonds is 12. The molecule has 1 aromatic carbocycles. The summed E-state index contributed by atoms with van der Waals surface area (Å²) < 4.78 is 0. The van der Waals surface area contributed by atoms with Gasteiger partial charge in [0.2, 0.25) is 11.8 Å². The molecule has 7 nitrogen and oxygen atoms in total. The van der Waals surface area contributed by atoms with Crippen LogP contribution in [0.4, 0.5) is 0 Å². The van der Waals surface area contributed by atoms with E-state index < -0.39 is 17.9 Å². The summed E-state index contributed by atoms with van der Waals surface area (Å²) >= 11 is 0. The standard InChI is InChI=1S/C20H29N3O4/c1-4-8-18(24)17(12-15-9-6-5-7-10-15)21-20(26)16(11-14(2)3)13-19(25)22-23-27/h5-7,9-10,14,16-17H,4,8,11-13H2,1-3H3,(H,21,26)(H,22,25,27). The van der Waals surface area contributed by atoms with Crippen molar-refractivity contribution in [1.29, 1.82) is 0 Å². The summed E-state index contributed by atoms with van der Waals surface area (Å²) in [7, 11) is 0. The summed E-state index contributed by atoms with van der Waals surface area (Å²) in [5, 5.41) is 5.19. The van der Waals surface area contributed by atoms with Gasteiger partial charge in [-0.25, -0.2) is 5.43 Å². The van der Waals surface area contributed by atoms with E-state index in [1.807, 2.05) is 56.5 Å². The van der Waals surface area contributed by atoms with Crippen LogP contribution in [0.5, 0.6) is 0 Å². The molecule has 0 heterocycles. The van der Waals surface area contributed by atoms with E-state index >= 15 is 0 Å². The average Bonchev–Trinajstić information content (AvgIpc) is 2.61. The number of hydrogen-bond acceptors (Lipinski definition) is 5. The zero-order valence-corrected chi connectivity index (χ0v) is 16.2. The van der Waals surface area contributed by atoms with E-state index in [0.29, 0.717) is 25.7 Å². The summed E-state index contributed by atoms with van der Waals surface area (Å²) in [6.07, 6.45) is 1.81. The summed E-state index contributed by atoms with van der Waals surface area (Å²) in [5.41, 5.74) is 2.78. The molecule has 1 aromatic rings. The number of nitroso groups, excluding NO2 is 1. The molecule has 0 aliphatic heterocycles. The van der Waals surface area contributed by atoms with Gasteiger partial charge in [0.25, 0.3) is 0 Å². The molecule has 0 aliphatic rings. The van der Waals surface area contributed by atoms with E-state index in [1.165, 1.54) is 0 Å². The summed E-state index contributed by atoms with van der Waals surface area (Å²) in [6, 6.07) is 8.85. The van der Waals surface area contributed by atoms with Gasteiger partial charge in [0, 0.05) is 18.8 Å². The first-order valence-corrected chi connectivity index (χ1v) is 9.35. The van der Waals surface area contributed by atoms with Gasteiger partial charge in [-0.15, -0.1) is 4.91 Å². The number of nitrogens with zero attached hydrogens (tertiary/aromatic N) is 1. The van der Waals surface area contributed by atoms with Crippen molar-refractivity contribution in [2.75, 3.05) is 0 Å². The zero-order valence-electron chi connectivity index (χ0n) is 16.2. The Kier molecular flexibility index (Phi) is 9.93. The molecule has 0 fully saturated rings. The third-order valence-electron chi connectivity index (χ3n) is 4.21. The molecular formula is C20H29N3O4. The van der Waals surface area contributed by atoms with Gasteiger partial charge < -0.3 is 5.32 Å². The van der Waals surface area contributed by atoms with Crippen molar-refractivity contribution < 1.29 is 14.4 Å². The van der Waals surface area contributed by atoms with Crippen molar-refractivity contribution in [1.82, 2.24) is 10.7 Å². The van der Waals surface area contributed by atoms with Gasteiger partial charge in [-0.1, -0.05) is 51.1 Å². The van der Waals surface area contributed by atoms with Crippen molar-refractivity contribution in [3.05, 3.63) is 40.8 Å². The Bertz CT molecular complexity index is 631. The molecule has 0 bridgehead atoms. The summed E-state index contributed by atoms with van der Waals surface area (Å²) in [5.74, 6) is -1.44. The van der Waals surface area contributed by atoms with Crippen molar-refractivity contribution in [2.24, 2.45) is 17.1 Å². The lowest BCUT2D eigenvalue weighted by molar-refractivity contribution is -0.133. The molecule has 27 heavy (non-hydrogen) atoms. The Hall–Kier alpha value is -2.57. The topological polar surface area (TPSA) is 105 Å². The maximum atomic E-state index is 12.8. The number of benzene rings is 1. The van der Waals surface area contributed by atoms with Gasteiger partial charge in [0.1, 0.15) is 0 Å². The number of carbonyl (C=O) groups excluding carboxylic acids is 3. The van der Waals surface area contributed by atoms with E-state index in [2.05, 4.69) is 10.6 Å². The predicted octanol–water partition coefficient (Wildman–Crippen LogP) is 2.93. The van der Waals surface area contributed by atoms with Crippen LogP contribution in [0.15, 0.2) is 35.6 Å². The minimum atomic E-state index is -0.637. The van der Waals surface area contributed by atoms with Crippen LogP contribution in [-0.2, 0) is 20.8 Å². The minimum absolute atomic E-state index is 0.0305. The maximum absolute atomic E-state index is 12.8. The smallest absolute Gasteiger partial charge is 0.243 e. The Labute approximate surface area is 160 Å². The highest BCUT2D eigenvalue weighted by molar-refractivity contribution is 5.91. The second-order valence-corrected chi connectivity index (χ2v) is 7.12. The second kappa shape index (κ2) is 11.9. The Balaban J connectivity index is 2.90. The average molecular weight is 375 g/mol. The number of hydrogen-bond donors (Lipinski definition) is 2. The van der Waals surface area contributed by atoms with Crippen LogP contribution >= 0.6 is 0 Å². The van der Waals surface area contributed by atoms with E-state index in [1.54, 1.807) is 0 Å². The summed E-state index contributed by atoms with van der Waals surface area (Å²) in [4.78, 5) is 47.2. The molecule has 148 valence electrons. The molecule has 0 radical (unpaired) electrons. The highest BCUT2D eigenvalue weighted by Gasteiger charge is 2.27. The molecule has 0 saturated heterocycles. The molecule has 1 rings (SSSR count). The summed E-state index contributed by atoms with van der Waals surface area (Å²) in [6.45, 7) is 5.80. The zero-order chi connectivity index (χ0) is 20.2. The second-order valence-electron chi connectivity index (χ2n) is 7.12. The first-order valence-electron chi connectivity index (χ1n) is 9.35. The Morgan fingerprint density at radius 1 is 1.11 bits per heavy atom. The van der Waals surface area contributed by atoms with Crippen molar-refractivity contribution in [3.8, 4) is 0 Å². The molecule has 0 aromatic heterocycles. The van der Waals surface area contributed by atoms with Crippen LogP contribution in [0.25, 0.3) is 0 Å². The quantitative estimate of drug-likeness (QED) is 0.433. The largest absolute Gasteiger partial charge is 0.346 e. The van der Waals surface area contributed by atoms with Crippen LogP contribution in [0.2, 0.25) is 0 Å².